The molecule has 1 saturated heterocycles. The molecular weight excluding hydrogens is 691 g/mol. The predicted molar refractivity (Wildman–Crippen MR) is 216 cm³/mol. The lowest BCUT2D eigenvalue weighted by molar-refractivity contribution is -0.140. The van der Waals surface area contributed by atoms with Crippen molar-refractivity contribution < 1.29 is 23.9 Å². The number of likely N-dealkylation sites (N-methyl/N-ethyl adjacent to an activating group) is 1. The minimum absolute atomic E-state index is 0.125. The summed E-state index contributed by atoms with van der Waals surface area (Å²) in [6.07, 6.45) is 3.00. The van der Waals surface area contributed by atoms with Crippen LogP contribution in [0, 0.1) is 5.41 Å². The fourth-order valence-corrected chi connectivity index (χ4v) is 6.69. The van der Waals surface area contributed by atoms with Gasteiger partial charge in [0.05, 0.1) is 6.04 Å². The molecule has 290 valence electrons. The van der Waals surface area contributed by atoms with Gasteiger partial charge in [-0.1, -0.05) is 81.4 Å². The number of rotatable bonds is 16. The quantitative estimate of drug-likeness (QED) is 0.125. The van der Waals surface area contributed by atoms with Crippen LogP contribution >= 0.6 is 0 Å². The van der Waals surface area contributed by atoms with Gasteiger partial charge in [0, 0.05) is 43.3 Å². The van der Waals surface area contributed by atoms with Crippen molar-refractivity contribution in [1.82, 2.24) is 25.8 Å². The van der Waals surface area contributed by atoms with Gasteiger partial charge in [-0.05, 0) is 105 Å². The molecule has 1 aliphatic rings. The van der Waals surface area contributed by atoms with Gasteiger partial charge in [0.2, 0.25) is 11.8 Å². The number of nitrogens with zero attached hydrogens (tertiary/aromatic N) is 2. The van der Waals surface area contributed by atoms with Crippen LogP contribution in [0.1, 0.15) is 72.4 Å². The monoisotopic (exact) mass is 745 g/mol. The second-order valence-electron chi connectivity index (χ2n) is 15.3. The molecule has 10 nitrogen and oxygen atoms in total. The van der Waals surface area contributed by atoms with Gasteiger partial charge in [-0.2, -0.15) is 0 Å². The Kier molecular flexibility index (Phi) is 14.2. The van der Waals surface area contributed by atoms with Gasteiger partial charge in [0.1, 0.15) is 17.5 Å². The molecule has 4 aromatic carbocycles. The van der Waals surface area contributed by atoms with Crippen LogP contribution in [-0.4, -0.2) is 84.8 Å². The van der Waals surface area contributed by atoms with E-state index in [0.717, 1.165) is 24.8 Å². The van der Waals surface area contributed by atoms with Crippen LogP contribution in [0.5, 0.6) is 11.5 Å². The smallest absolute Gasteiger partial charge is 0.253 e. The molecule has 0 unspecified atom stereocenters. The fourth-order valence-electron chi connectivity index (χ4n) is 6.69. The molecule has 10 heteroatoms. The molecule has 4 aromatic rings. The minimum Gasteiger partial charge on any atom is -0.457 e. The standard InChI is InChI=1S/C45H55N5O5/c1-32(46-5)41(51)48-40(45(2,3)4)44(54)50-29-12-17-37(50)31-49(30-27-34-15-10-7-11-16-34)43(53)36-20-24-39(25-21-36)55-38-22-18-35(19-23-38)42(52)47-28-26-33-13-8-6-9-14-33/h6-11,13-16,18-25,32,37,40,46H,12,17,26-31H2,1-5H3,(H,47,52)(H,48,51)/t32-,37-,40+/m0/s1. The highest BCUT2D eigenvalue weighted by Gasteiger charge is 2.40. The van der Waals surface area contributed by atoms with Crippen LogP contribution in [0.2, 0.25) is 0 Å². The molecule has 0 aliphatic carbocycles. The van der Waals surface area contributed by atoms with Crippen LogP contribution in [0.25, 0.3) is 0 Å². The summed E-state index contributed by atoms with van der Waals surface area (Å²) in [5, 5.41) is 8.90. The van der Waals surface area contributed by atoms with E-state index in [1.165, 1.54) is 5.56 Å². The average molecular weight is 746 g/mol. The van der Waals surface area contributed by atoms with Crippen LogP contribution < -0.4 is 20.7 Å². The van der Waals surface area contributed by atoms with Crippen LogP contribution in [-0.2, 0) is 22.4 Å². The third kappa shape index (κ3) is 11.5. The van der Waals surface area contributed by atoms with E-state index in [1.54, 1.807) is 62.5 Å². The van der Waals surface area contributed by atoms with Crippen molar-refractivity contribution in [2.24, 2.45) is 5.41 Å². The molecule has 55 heavy (non-hydrogen) atoms. The van der Waals surface area contributed by atoms with Gasteiger partial charge in [-0.15, -0.1) is 0 Å². The number of nitrogens with one attached hydrogen (secondary N) is 3. The highest BCUT2D eigenvalue weighted by Crippen LogP contribution is 2.28. The van der Waals surface area contributed by atoms with E-state index in [1.807, 2.05) is 91.2 Å². The third-order valence-corrected chi connectivity index (χ3v) is 10.1. The predicted octanol–water partition coefficient (Wildman–Crippen LogP) is 6.27. The summed E-state index contributed by atoms with van der Waals surface area (Å²) in [5.74, 6) is 0.497. The highest BCUT2D eigenvalue weighted by molar-refractivity contribution is 5.95. The van der Waals surface area contributed by atoms with Crippen molar-refractivity contribution in [2.45, 2.75) is 71.5 Å². The molecule has 0 bridgehead atoms. The molecular formula is C45H55N5O5. The van der Waals surface area contributed by atoms with Crippen molar-refractivity contribution in [3.8, 4) is 11.5 Å². The molecule has 0 aromatic heterocycles. The SMILES string of the molecule is CN[C@@H](C)C(=O)N[C@H](C(=O)N1CCC[C@H]1CN(CCc1ccccc1)C(=O)c1ccc(Oc2ccc(C(=O)NCCc3ccccc3)cc2)cc1)C(C)(C)C. The number of likely N-dealkylation sites (tertiary alicyclic amines) is 1. The van der Waals surface area contributed by atoms with Crippen LogP contribution in [0.3, 0.4) is 0 Å². The Labute approximate surface area is 325 Å². The summed E-state index contributed by atoms with van der Waals surface area (Å²) < 4.78 is 6.07. The molecule has 0 saturated carbocycles. The normalized spacial score (nSPS) is 15.1. The van der Waals surface area contributed by atoms with Crippen molar-refractivity contribution in [1.29, 1.82) is 0 Å². The Morgan fingerprint density at radius 3 is 1.93 bits per heavy atom. The van der Waals surface area contributed by atoms with Crippen molar-refractivity contribution in [3.63, 3.8) is 0 Å². The molecule has 3 atom stereocenters. The van der Waals surface area contributed by atoms with Crippen molar-refractivity contribution in [2.75, 3.05) is 33.2 Å². The average Bonchev–Trinajstić information content (AvgIpc) is 3.66. The van der Waals surface area contributed by atoms with E-state index in [2.05, 4.69) is 16.0 Å². The lowest BCUT2D eigenvalue weighted by Crippen LogP contribution is -2.59. The second-order valence-corrected chi connectivity index (χ2v) is 15.3. The zero-order valence-electron chi connectivity index (χ0n) is 32.7. The lowest BCUT2D eigenvalue weighted by Gasteiger charge is -2.37. The summed E-state index contributed by atoms with van der Waals surface area (Å²) in [4.78, 5) is 57.6. The maximum Gasteiger partial charge on any atom is 0.253 e. The molecule has 0 spiro atoms. The minimum atomic E-state index is -0.712. The highest BCUT2D eigenvalue weighted by atomic mass is 16.5. The Balaban J connectivity index is 1.24. The molecule has 1 aliphatic heterocycles. The van der Waals surface area contributed by atoms with E-state index in [-0.39, 0.29) is 29.7 Å². The van der Waals surface area contributed by atoms with Gasteiger partial charge in [-0.25, -0.2) is 0 Å². The van der Waals surface area contributed by atoms with Crippen LogP contribution in [0.4, 0.5) is 0 Å². The second kappa shape index (κ2) is 19.2. The Hall–Kier alpha value is -5.48. The van der Waals surface area contributed by atoms with E-state index in [4.69, 9.17) is 4.74 Å². The number of hydrogen-bond acceptors (Lipinski definition) is 6. The molecule has 4 amide bonds. The van der Waals surface area contributed by atoms with Crippen molar-refractivity contribution in [3.05, 3.63) is 131 Å². The summed E-state index contributed by atoms with van der Waals surface area (Å²) in [5.41, 5.74) is 2.83. The summed E-state index contributed by atoms with van der Waals surface area (Å²) in [6.45, 7) is 9.59. The molecule has 0 radical (unpaired) electrons. The largest absolute Gasteiger partial charge is 0.457 e. The molecule has 5 rings (SSSR count). The van der Waals surface area contributed by atoms with E-state index in [9.17, 15) is 19.2 Å². The topological polar surface area (TPSA) is 120 Å². The van der Waals surface area contributed by atoms with E-state index >= 15 is 0 Å². The Morgan fingerprint density at radius 2 is 1.36 bits per heavy atom. The number of ether oxygens (including phenoxy) is 1. The first-order valence-corrected chi connectivity index (χ1v) is 19.2. The lowest BCUT2D eigenvalue weighted by atomic mass is 9.85. The zero-order valence-corrected chi connectivity index (χ0v) is 32.7. The first-order chi connectivity index (χ1) is 26.4. The number of hydrogen-bond donors (Lipinski definition) is 3. The maximum absolute atomic E-state index is 14.2. The van der Waals surface area contributed by atoms with Crippen LogP contribution in [0.15, 0.2) is 109 Å². The Bertz CT molecular complexity index is 1860. The fraction of sp³-hybridized carbons (Fsp3) is 0.378. The molecule has 3 N–H and O–H groups in total. The van der Waals surface area contributed by atoms with Gasteiger partial charge in [-0.3, -0.25) is 19.2 Å². The summed E-state index contributed by atoms with van der Waals surface area (Å²) in [7, 11) is 1.71. The number of amides is 4. The van der Waals surface area contributed by atoms with Gasteiger partial charge in [0.25, 0.3) is 11.8 Å². The Morgan fingerprint density at radius 1 is 0.800 bits per heavy atom. The third-order valence-electron chi connectivity index (χ3n) is 10.1. The maximum atomic E-state index is 14.2. The van der Waals surface area contributed by atoms with Gasteiger partial charge >= 0.3 is 0 Å². The summed E-state index contributed by atoms with van der Waals surface area (Å²) in [6, 6.07) is 32.7. The van der Waals surface area contributed by atoms with Crippen molar-refractivity contribution >= 4 is 23.6 Å². The summed E-state index contributed by atoms with van der Waals surface area (Å²) >= 11 is 0. The molecule has 1 heterocycles. The molecule has 1 fully saturated rings. The van der Waals surface area contributed by atoms with E-state index < -0.39 is 17.5 Å². The number of benzene rings is 4. The number of carbonyl (C=O) groups is 4. The number of carbonyl (C=O) groups excluding carboxylic acids is 4. The van der Waals surface area contributed by atoms with E-state index in [0.29, 0.717) is 55.2 Å². The van der Waals surface area contributed by atoms with Gasteiger partial charge in [0.15, 0.2) is 0 Å². The van der Waals surface area contributed by atoms with Gasteiger partial charge < -0.3 is 30.5 Å². The first-order valence-electron chi connectivity index (χ1n) is 19.2. The first kappa shape index (κ1) is 40.7. The zero-order chi connectivity index (χ0) is 39.4.